The molecule has 0 radical (unpaired) electrons. The van der Waals surface area contributed by atoms with Crippen molar-refractivity contribution in [2.75, 3.05) is 19.0 Å². The second kappa shape index (κ2) is 10.2. The van der Waals surface area contributed by atoms with Crippen molar-refractivity contribution in [3.63, 3.8) is 0 Å². The third-order valence-electron chi connectivity index (χ3n) is 6.15. The van der Waals surface area contributed by atoms with Crippen LogP contribution < -0.4 is 5.73 Å². The Hall–Kier alpha value is -4.80. The molecule has 0 amide bonds. The molecule has 0 aliphatic heterocycles. The standard InChI is InChI=1S/C26H22FN9O2S/c1-29-18-8-4-6-16(12-18)24-23(21-10-11-30-15-31-21)25-32-22(34-36(25)26(28)33-24)13-19-17(7-5-9-20(19)27)14-35(2)39(3,37)38/h4-12,15H,13-14H2,2-3H3,(H2,28,33). The van der Waals surface area contributed by atoms with Crippen LogP contribution in [-0.2, 0) is 23.0 Å². The number of fused-ring (bicyclic) bond motifs is 1. The van der Waals surface area contributed by atoms with Crippen LogP contribution in [0, 0.1) is 12.4 Å². The molecule has 2 aromatic carbocycles. The van der Waals surface area contributed by atoms with E-state index in [0.29, 0.717) is 39.4 Å². The van der Waals surface area contributed by atoms with E-state index in [1.165, 1.54) is 30.0 Å². The first kappa shape index (κ1) is 25.8. The predicted molar refractivity (Wildman–Crippen MR) is 143 cm³/mol. The van der Waals surface area contributed by atoms with E-state index in [4.69, 9.17) is 17.3 Å². The summed E-state index contributed by atoms with van der Waals surface area (Å²) in [5, 5.41) is 4.50. The summed E-state index contributed by atoms with van der Waals surface area (Å²) in [5.74, 6) is -0.221. The fraction of sp³-hybridized carbons (Fsp3) is 0.154. The summed E-state index contributed by atoms with van der Waals surface area (Å²) in [6.45, 7) is 7.36. The highest BCUT2D eigenvalue weighted by Gasteiger charge is 2.23. The normalized spacial score (nSPS) is 11.7. The molecule has 0 aliphatic rings. The molecule has 2 N–H and O–H groups in total. The summed E-state index contributed by atoms with van der Waals surface area (Å²) >= 11 is 0. The second-order valence-corrected chi connectivity index (χ2v) is 10.9. The van der Waals surface area contributed by atoms with E-state index in [9.17, 15) is 8.42 Å². The van der Waals surface area contributed by atoms with Gasteiger partial charge in [0.05, 0.1) is 29.8 Å². The van der Waals surface area contributed by atoms with Gasteiger partial charge in [0.2, 0.25) is 16.0 Å². The fourth-order valence-corrected chi connectivity index (χ4v) is 4.52. The molecule has 11 nitrogen and oxygen atoms in total. The van der Waals surface area contributed by atoms with Crippen LogP contribution in [0.25, 0.3) is 33.0 Å². The van der Waals surface area contributed by atoms with Crippen LogP contribution >= 0.6 is 0 Å². The van der Waals surface area contributed by atoms with Crippen LogP contribution in [-0.4, -0.2) is 55.6 Å². The molecule has 13 heteroatoms. The number of rotatable bonds is 7. The topological polar surface area (TPSA) is 137 Å². The van der Waals surface area contributed by atoms with E-state index in [1.54, 1.807) is 42.6 Å². The molecule has 3 aromatic heterocycles. The lowest BCUT2D eigenvalue weighted by Crippen LogP contribution is -2.25. The van der Waals surface area contributed by atoms with Gasteiger partial charge in [0.15, 0.2) is 17.2 Å². The number of anilines is 1. The summed E-state index contributed by atoms with van der Waals surface area (Å²) in [6, 6.07) is 13.1. The van der Waals surface area contributed by atoms with Gasteiger partial charge in [-0.1, -0.05) is 30.3 Å². The molecule has 196 valence electrons. The molecule has 3 heterocycles. The maximum absolute atomic E-state index is 15.0. The highest BCUT2D eigenvalue weighted by atomic mass is 32.2. The minimum atomic E-state index is -3.48. The number of aromatic nitrogens is 6. The molecule has 39 heavy (non-hydrogen) atoms. The monoisotopic (exact) mass is 543 g/mol. The predicted octanol–water partition coefficient (Wildman–Crippen LogP) is 3.50. The van der Waals surface area contributed by atoms with Crippen molar-refractivity contribution in [1.82, 2.24) is 33.9 Å². The third-order valence-corrected chi connectivity index (χ3v) is 7.41. The van der Waals surface area contributed by atoms with Crippen molar-refractivity contribution < 1.29 is 12.8 Å². The number of hydrogen-bond acceptors (Lipinski definition) is 8. The zero-order valence-electron chi connectivity index (χ0n) is 20.9. The van der Waals surface area contributed by atoms with Gasteiger partial charge in [0.1, 0.15) is 12.1 Å². The molecular formula is C26H22FN9O2S. The molecule has 5 aromatic rings. The Bertz CT molecular complexity index is 1850. The van der Waals surface area contributed by atoms with Gasteiger partial charge >= 0.3 is 0 Å². The summed E-state index contributed by atoms with van der Waals surface area (Å²) in [5.41, 5.74) is 9.92. The summed E-state index contributed by atoms with van der Waals surface area (Å²) in [6.07, 6.45) is 4.04. The van der Waals surface area contributed by atoms with Crippen LogP contribution in [0.2, 0.25) is 0 Å². The minimum absolute atomic E-state index is 0.0171. The van der Waals surface area contributed by atoms with Gasteiger partial charge in [-0.3, -0.25) is 0 Å². The number of sulfonamides is 1. The van der Waals surface area contributed by atoms with Crippen molar-refractivity contribution >= 4 is 27.3 Å². The van der Waals surface area contributed by atoms with Crippen molar-refractivity contribution in [2.45, 2.75) is 13.0 Å². The lowest BCUT2D eigenvalue weighted by molar-refractivity contribution is 0.468. The first-order valence-corrected chi connectivity index (χ1v) is 13.5. The first-order chi connectivity index (χ1) is 18.7. The van der Waals surface area contributed by atoms with E-state index in [-0.39, 0.29) is 30.3 Å². The highest BCUT2D eigenvalue weighted by Crippen LogP contribution is 2.35. The maximum atomic E-state index is 15.0. The van der Waals surface area contributed by atoms with Crippen molar-refractivity contribution in [3.05, 3.63) is 95.2 Å². The van der Waals surface area contributed by atoms with Crippen molar-refractivity contribution in [3.8, 4) is 22.5 Å². The highest BCUT2D eigenvalue weighted by molar-refractivity contribution is 7.88. The van der Waals surface area contributed by atoms with Gasteiger partial charge < -0.3 is 5.73 Å². The Kier molecular flexibility index (Phi) is 6.73. The zero-order valence-corrected chi connectivity index (χ0v) is 21.8. The van der Waals surface area contributed by atoms with Gasteiger partial charge in [-0.25, -0.2) is 41.9 Å². The Labute approximate surface area is 223 Å². The zero-order chi connectivity index (χ0) is 27.7. The van der Waals surface area contributed by atoms with Gasteiger partial charge in [-0.15, -0.1) is 5.10 Å². The van der Waals surface area contributed by atoms with E-state index < -0.39 is 15.8 Å². The molecule has 0 fully saturated rings. The molecular weight excluding hydrogens is 521 g/mol. The smallest absolute Gasteiger partial charge is 0.223 e. The van der Waals surface area contributed by atoms with Gasteiger partial charge in [-0.05, 0) is 34.9 Å². The van der Waals surface area contributed by atoms with Gasteiger partial charge in [-0.2, -0.15) is 4.52 Å². The molecule has 0 unspecified atom stereocenters. The molecule has 0 saturated heterocycles. The summed E-state index contributed by atoms with van der Waals surface area (Å²) in [7, 11) is -2.05. The maximum Gasteiger partial charge on any atom is 0.223 e. The molecule has 0 bridgehead atoms. The second-order valence-electron chi connectivity index (χ2n) is 8.79. The Morgan fingerprint density at radius 3 is 2.67 bits per heavy atom. The van der Waals surface area contributed by atoms with Crippen LogP contribution in [0.4, 0.5) is 16.0 Å². The summed E-state index contributed by atoms with van der Waals surface area (Å²) in [4.78, 5) is 21.1. The van der Waals surface area contributed by atoms with E-state index >= 15 is 4.39 Å². The Morgan fingerprint density at radius 2 is 1.95 bits per heavy atom. The van der Waals surface area contributed by atoms with Crippen LogP contribution in [0.3, 0.4) is 0 Å². The number of halogens is 1. The van der Waals surface area contributed by atoms with Crippen molar-refractivity contribution in [2.24, 2.45) is 0 Å². The van der Waals surface area contributed by atoms with Crippen LogP contribution in [0.5, 0.6) is 0 Å². The quantitative estimate of drug-likeness (QED) is 0.308. The molecule has 0 saturated carbocycles. The van der Waals surface area contributed by atoms with Gasteiger partial charge in [0.25, 0.3) is 0 Å². The lowest BCUT2D eigenvalue weighted by Gasteiger charge is -2.16. The summed E-state index contributed by atoms with van der Waals surface area (Å²) < 4.78 is 41.4. The molecule has 0 atom stereocenters. The van der Waals surface area contributed by atoms with E-state index in [1.807, 2.05) is 0 Å². The molecule has 0 aliphatic carbocycles. The number of hydrogen-bond donors (Lipinski definition) is 1. The Balaban J connectivity index is 1.67. The third kappa shape index (κ3) is 5.15. The van der Waals surface area contributed by atoms with Gasteiger partial charge in [0, 0.05) is 26.2 Å². The number of nitrogen functional groups attached to an aromatic ring is 1. The Morgan fingerprint density at radius 1 is 1.15 bits per heavy atom. The number of benzene rings is 2. The van der Waals surface area contributed by atoms with Crippen LogP contribution in [0.15, 0.2) is 61.1 Å². The number of nitrogens with two attached hydrogens (primary N) is 1. The minimum Gasteiger partial charge on any atom is -0.368 e. The average molecular weight is 544 g/mol. The molecule has 5 rings (SSSR count). The SMILES string of the molecule is [C-]#[N+]c1cccc(-c2nc(N)n3nc(Cc4c(F)cccc4CN(C)S(C)(=O)=O)nc3c2-c2ccncn2)c1. The largest absolute Gasteiger partial charge is 0.368 e. The van der Waals surface area contributed by atoms with E-state index in [0.717, 1.165) is 10.6 Å². The lowest BCUT2D eigenvalue weighted by atomic mass is 10.0. The fourth-order valence-electron chi connectivity index (χ4n) is 4.15. The van der Waals surface area contributed by atoms with E-state index in [2.05, 4.69) is 24.9 Å². The first-order valence-electron chi connectivity index (χ1n) is 11.6. The number of nitrogens with zero attached hydrogens (tertiary/aromatic N) is 8. The molecule has 0 spiro atoms. The average Bonchev–Trinajstić information content (AvgIpc) is 3.35. The van der Waals surface area contributed by atoms with Crippen molar-refractivity contribution in [1.29, 1.82) is 0 Å². The van der Waals surface area contributed by atoms with Crippen LogP contribution in [0.1, 0.15) is 17.0 Å².